The second-order valence-electron chi connectivity index (χ2n) is 6.63. The Kier molecular flexibility index (Phi) is 5.72. The lowest BCUT2D eigenvalue weighted by atomic mass is 9.93. The highest BCUT2D eigenvalue weighted by Crippen LogP contribution is 2.21. The van der Waals surface area contributed by atoms with E-state index in [2.05, 4.69) is 25.7 Å². The Morgan fingerprint density at radius 3 is 2.73 bits per heavy atom. The standard InChI is InChI=1S/C16H24N6O3S/c1-26(24,25)11-10-22-9-7-15(21-22)19-14-6-8-17-16(20-14)18-12-2-4-13(23)5-3-12/h6-9,12-13,23H,2-5,10-11H2,1H3,(H2,17,18,19,20,21). The van der Waals surface area contributed by atoms with Crippen molar-refractivity contribution in [1.29, 1.82) is 0 Å². The Bertz CT molecular complexity index is 830. The molecule has 142 valence electrons. The van der Waals surface area contributed by atoms with Crippen LogP contribution in [-0.2, 0) is 16.4 Å². The number of hydrogen-bond acceptors (Lipinski definition) is 8. The number of aliphatic hydroxyl groups excluding tert-OH is 1. The Hall–Kier alpha value is -2.20. The fraction of sp³-hybridized carbons (Fsp3) is 0.562. The summed E-state index contributed by atoms with van der Waals surface area (Å²) in [6, 6.07) is 3.77. The largest absolute Gasteiger partial charge is 0.393 e. The van der Waals surface area contributed by atoms with Crippen molar-refractivity contribution in [2.24, 2.45) is 0 Å². The fourth-order valence-corrected chi connectivity index (χ4v) is 3.36. The Morgan fingerprint density at radius 2 is 2.00 bits per heavy atom. The molecule has 2 aromatic heterocycles. The van der Waals surface area contributed by atoms with Crippen molar-refractivity contribution in [3.05, 3.63) is 24.5 Å². The van der Waals surface area contributed by atoms with E-state index in [1.54, 1.807) is 29.2 Å². The first kappa shape index (κ1) is 18.6. The summed E-state index contributed by atoms with van der Waals surface area (Å²) in [5, 5.41) is 20.3. The van der Waals surface area contributed by atoms with Gasteiger partial charge in [-0.2, -0.15) is 10.1 Å². The van der Waals surface area contributed by atoms with Crippen molar-refractivity contribution in [2.75, 3.05) is 22.6 Å². The molecule has 10 heteroatoms. The van der Waals surface area contributed by atoms with Crippen LogP contribution in [-0.4, -0.2) is 57.4 Å². The lowest BCUT2D eigenvalue weighted by Crippen LogP contribution is -2.28. The molecule has 1 aliphatic rings. The fourth-order valence-electron chi connectivity index (χ4n) is 2.84. The number of anilines is 3. The lowest BCUT2D eigenvalue weighted by Gasteiger charge is -2.26. The minimum Gasteiger partial charge on any atom is -0.393 e. The minimum atomic E-state index is -3.02. The van der Waals surface area contributed by atoms with Gasteiger partial charge in [0.2, 0.25) is 5.95 Å². The molecule has 9 nitrogen and oxygen atoms in total. The lowest BCUT2D eigenvalue weighted by molar-refractivity contribution is 0.126. The van der Waals surface area contributed by atoms with E-state index in [1.807, 2.05) is 0 Å². The summed E-state index contributed by atoms with van der Waals surface area (Å²) in [4.78, 5) is 8.67. The summed E-state index contributed by atoms with van der Waals surface area (Å²) in [5.74, 6) is 1.77. The van der Waals surface area contributed by atoms with Crippen molar-refractivity contribution >= 4 is 27.4 Å². The van der Waals surface area contributed by atoms with Gasteiger partial charge in [0.15, 0.2) is 5.82 Å². The zero-order valence-electron chi connectivity index (χ0n) is 14.7. The van der Waals surface area contributed by atoms with Crippen LogP contribution >= 0.6 is 0 Å². The van der Waals surface area contributed by atoms with Crippen LogP contribution in [0, 0.1) is 0 Å². The molecule has 26 heavy (non-hydrogen) atoms. The van der Waals surface area contributed by atoms with E-state index in [1.165, 1.54) is 6.26 Å². The van der Waals surface area contributed by atoms with Gasteiger partial charge in [-0.25, -0.2) is 13.4 Å². The van der Waals surface area contributed by atoms with Gasteiger partial charge in [-0.15, -0.1) is 0 Å². The summed E-state index contributed by atoms with van der Waals surface area (Å²) in [5.41, 5.74) is 0. The summed E-state index contributed by atoms with van der Waals surface area (Å²) in [7, 11) is -3.02. The molecule has 0 unspecified atom stereocenters. The maximum Gasteiger partial charge on any atom is 0.224 e. The minimum absolute atomic E-state index is 0.0474. The molecule has 1 aliphatic carbocycles. The van der Waals surface area contributed by atoms with Crippen molar-refractivity contribution < 1.29 is 13.5 Å². The molecule has 0 amide bonds. The van der Waals surface area contributed by atoms with Crippen LogP contribution in [0.25, 0.3) is 0 Å². The quantitative estimate of drug-likeness (QED) is 0.654. The Balaban J connectivity index is 1.57. The number of aromatic nitrogens is 4. The molecule has 0 spiro atoms. The molecule has 1 fully saturated rings. The van der Waals surface area contributed by atoms with Gasteiger partial charge in [0.05, 0.1) is 18.4 Å². The van der Waals surface area contributed by atoms with E-state index in [9.17, 15) is 13.5 Å². The topological polar surface area (TPSA) is 122 Å². The molecule has 2 aromatic rings. The van der Waals surface area contributed by atoms with Crippen molar-refractivity contribution in [2.45, 2.75) is 44.4 Å². The highest BCUT2D eigenvalue weighted by Gasteiger charge is 2.19. The molecule has 0 bridgehead atoms. The Morgan fingerprint density at radius 1 is 1.23 bits per heavy atom. The van der Waals surface area contributed by atoms with Gasteiger partial charge in [0.1, 0.15) is 15.7 Å². The predicted molar refractivity (Wildman–Crippen MR) is 99.1 cm³/mol. The smallest absolute Gasteiger partial charge is 0.224 e. The number of hydrogen-bond donors (Lipinski definition) is 3. The van der Waals surface area contributed by atoms with Gasteiger partial charge in [0.25, 0.3) is 0 Å². The molecule has 0 atom stereocenters. The van der Waals surface area contributed by atoms with Crippen molar-refractivity contribution in [1.82, 2.24) is 19.7 Å². The van der Waals surface area contributed by atoms with Crippen LogP contribution in [0.4, 0.5) is 17.6 Å². The maximum atomic E-state index is 11.2. The van der Waals surface area contributed by atoms with Crippen LogP contribution in [0.3, 0.4) is 0 Å². The van der Waals surface area contributed by atoms with E-state index in [4.69, 9.17) is 0 Å². The van der Waals surface area contributed by atoms with E-state index in [-0.39, 0.29) is 17.9 Å². The number of rotatable bonds is 7. The maximum absolute atomic E-state index is 11.2. The molecule has 1 saturated carbocycles. The normalized spacial score (nSPS) is 20.7. The average molecular weight is 380 g/mol. The Labute approximate surface area is 152 Å². The summed E-state index contributed by atoms with van der Waals surface area (Å²) in [6.45, 7) is 0.310. The second-order valence-corrected chi connectivity index (χ2v) is 8.89. The van der Waals surface area contributed by atoms with Crippen LogP contribution in [0.5, 0.6) is 0 Å². The third kappa shape index (κ3) is 5.67. The first-order valence-electron chi connectivity index (χ1n) is 8.63. The molecule has 0 saturated heterocycles. The molecule has 0 aromatic carbocycles. The first-order chi connectivity index (χ1) is 12.4. The molecular weight excluding hydrogens is 356 g/mol. The van der Waals surface area contributed by atoms with Crippen LogP contribution in [0.1, 0.15) is 25.7 Å². The third-order valence-electron chi connectivity index (χ3n) is 4.27. The molecular formula is C16H24N6O3S. The van der Waals surface area contributed by atoms with Crippen LogP contribution in [0.15, 0.2) is 24.5 Å². The highest BCUT2D eigenvalue weighted by atomic mass is 32.2. The summed E-state index contributed by atoms with van der Waals surface area (Å²) < 4.78 is 24.0. The van der Waals surface area contributed by atoms with Gasteiger partial charge in [-0.1, -0.05) is 0 Å². The summed E-state index contributed by atoms with van der Waals surface area (Å²) >= 11 is 0. The third-order valence-corrected chi connectivity index (χ3v) is 5.20. The van der Waals surface area contributed by atoms with Crippen molar-refractivity contribution in [3.63, 3.8) is 0 Å². The van der Waals surface area contributed by atoms with E-state index < -0.39 is 9.84 Å². The van der Waals surface area contributed by atoms with Crippen LogP contribution < -0.4 is 10.6 Å². The molecule has 3 rings (SSSR count). The first-order valence-corrected chi connectivity index (χ1v) is 10.7. The molecule has 2 heterocycles. The monoisotopic (exact) mass is 380 g/mol. The number of sulfone groups is 1. The van der Waals surface area contributed by atoms with E-state index in [0.29, 0.717) is 24.1 Å². The number of aryl methyl sites for hydroxylation is 1. The zero-order chi connectivity index (χ0) is 18.6. The number of nitrogens with one attached hydrogen (secondary N) is 2. The molecule has 0 aliphatic heterocycles. The van der Waals surface area contributed by atoms with Crippen molar-refractivity contribution in [3.8, 4) is 0 Å². The van der Waals surface area contributed by atoms with Gasteiger partial charge in [-0.3, -0.25) is 4.68 Å². The second kappa shape index (κ2) is 8.00. The summed E-state index contributed by atoms with van der Waals surface area (Å²) in [6.07, 6.45) is 7.77. The van der Waals surface area contributed by atoms with E-state index in [0.717, 1.165) is 25.7 Å². The van der Waals surface area contributed by atoms with Gasteiger partial charge in [-0.05, 0) is 31.7 Å². The van der Waals surface area contributed by atoms with Crippen LogP contribution in [0.2, 0.25) is 0 Å². The SMILES string of the molecule is CS(=O)(=O)CCn1ccc(Nc2ccnc(NC3CCC(O)CC3)n2)n1. The van der Waals surface area contributed by atoms with Gasteiger partial charge in [0, 0.05) is 30.8 Å². The highest BCUT2D eigenvalue weighted by molar-refractivity contribution is 7.90. The average Bonchev–Trinajstić information content (AvgIpc) is 3.02. The zero-order valence-corrected chi connectivity index (χ0v) is 15.5. The van der Waals surface area contributed by atoms with E-state index >= 15 is 0 Å². The molecule has 3 N–H and O–H groups in total. The predicted octanol–water partition coefficient (Wildman–Crippen LogP) is 1.18. The van der Waals surface area contributed by atoms with Gasteiger partial charge >= 0.3 is 0 Å². The molecule has 0 radical (unpaired) electrons. The number of nitrogens with zero attached hydrogens (tertiary/aromatic N) is 4. The van der Waals surface area contributed by atoms with Gasteiger partial charge < -0.3 is 15.7 Å². The number of aliphatic hydroxyl groups is 1.